The van der Waals surface area contributed by atoms with Crippen molar-refractivity contribution in [3.63, 3.8) is 0 Å². The number of nitrogens with one attached hydrogen (secondary N) is 1. The van der Waals surface area contributed by atoms with E-state index in [-0.39, 0.29) is 17.6 Å². The van der Waals surface area contributed by atoms with Crippen molar-refractivity contribution in [2.24, 2.45) is 0 Å². The van der Waals surface area contributed by atoms with E-state index < -0.39 is 0 Å². The topological polar surface area (TPSA) is 68.5 Å². The molecule has 0 saturated heterocycles. The van der Waals surface area contributed by atoms with Crippen LogP contribution in [0.4, 0.5) is 5.69 Å². The highest BCUT2D eigenvalue weighted by molar-refractivity contribution is 6.02. The number of ether oxygens (including phenoxy) is 1. The third-order valence-corrected chi connectivity index (χ3v) is 2.83. The molecule has 0 unspecified atom stereocenters. The second-order valence-electron chi connectivity index (χ2n) is 4.57. The van der Waals surface area contributed by atoms with Crippen molar-refractivity contribution >= 4 is 23.6 Å². The first kappa shape index (κ1) is 15.6. The number of benzene rings is 1. The second-order valence-corrected chi connectivity index (χ2v) is 4.57. The van der Waals surface area contributed by atoms with Crippen LogP contribution in [0.1, 0.15) is 28.8 Å². The number of carbonyl (C=O) groups excluding carboxylic acids is 2. The van der Waals surface area contributed by atoms with Crippen LogP contribution in [0.3, 0.4) is 0 Å². The highest BCUT2D eigenvalue weighted by Gasteiger charge is 2.09. The average molecular weight is 299 g/mol. The molecule has 5 heteroatoms. The van der Waals surface area contributed by atoms with Crippen molar-refractivity contribution < 1.29 is 18.7 Å². The molecule has 1 heterocycles. The van der Waals surface area contributed by atoms with Gasteiger partial charge in [-0.25, -0.2) is 4.79 Å². The Balaban J connectivity index is 1.97. The van der Waals surface area contributed by atoms with Crippen LogP contribution in [0.2, 0.25) is 0 Å². The summed E-state index contributed by atoms with van der Waals surface area (Å²) in [5.41, 5.74) is 1.48. The Morgan fingerprint density at radius 1 is 1.18 bits per heavy atom. The van der Waals surface area contributed by atoms with Crippen molar-refractivity contribution in [3.05, 3.63) is 59.6 Å². The molecule has 0 fully saturated rings. The van der Waals surface area contributed by atoms with Crippen LogP contribution >= 0.6 is 0 Å². The fourth-order valence-corrected chi connectivity index (χ4v) is 1.78. The first-order chi connectivity index (χ1) is 10.6. The standard InChI is InChI=1S/C17H17NO4/c1-3-21-16(19)11-7-13-5-8-14(9-6-13)18-17(20)15-10-4-12(2)22-15/h4-11H,3H2,1-2H3,(H,18,20). The Morgan fingerprint density at radius 3 is 2.50 bits per heavy atom. The van der Waals surface area contributed by atoms with Gasteiger partial charge in [0.2, 0.25) is 0 Å². The Morgan fingerprint density at radius 2 is 1.91 bits per heavy atom. The molecule has 2 rings (SSSR count). The Labute approximate surface area is 128 Å². The number of rotatable bonds is 5. The highest BCUT2D eigenvalue weighted by atomic mass is 16.5. The van der Waals surface area contributed by atoms with Gasteiger partial charge in [0, 0.05) is 11.8 Å². The largest absolute Gasteiger partial charge is 0.463 e. The molecule has 2 aromatic rings. The highest BCUT2D eigenvalue weighted by Crippen LogP contribution is 2.13. The lowest BCUT2D eigenvalue weighted by molar-refractivity contribution is -0.137. The van der Waals surface area contributed by atoms with Gasteiger partial charge in [0.05, 0.1) is 6.61 Å². The number of aryl methyl sites for hydroxylation is 1. The van der Waals surface area contributed by atoms with Gasteiger partial charge in [0.25, 0.3) is 5.91 Å². The number of carbonyl (C=O) groups is 2. The Hall–Kier alpha value is -2.82. The van der Waals surface area contributed by atoms with E-state index in [0.717, 1.165) is 5.56 Å². The molecule has 22 heavy (non-hydrogen) atoms. The van der Waals surface area contributed by atoms with E-state index in [2.05, 4.69) is 5.32 Å². The van der Waals surface area contributed by atoms with E-state index in [1.165, 1.54) is 6.08 Å². The van der Waals surface area contributed by atoms with E-state index in [4.69, 9.17) is 9.15 Å². The molecular weight excluding hydrogens is 282 g/mol. The number of anilines is 1. The van der Waals surface area contributed by atoms with Crippen LogP contribution in [0.5, 0.6) is 0 Å². The van der Waals surface area contributed by atoms with Gasteiger partial charge >= 0.3 is 5.97 Å². The normalized spacial score (nSPS) is 10.6. The summed E-state index contributed by atoms with van der Waals surface area (Å²) >= 11 is 0. The second kappa shape index (κ2) is 7.26. The van der Waals surface area contributed by atoms with Crippen LogP contribution in [-0.4, -0.2) is 18.5 Å². The first-order valence-corrected chi connectivity index (χ1v) is 6.91. The van der Waals surface area contributed by atoms with E-state index in [0.29, 0.717) is 18.1 Å². The number of hydrogen-bond donors (Lipinski definition) is 1. The quantitative estimate of drug-likeness (QED) is 0.678. The molecule has 5 nitrogen and oxygen atoms in total. The number of amides is 1. The maximum atomic E-state index is 11.9. The third kappa shape index (κ3) is 4.34. The molecule has 0 saturated carbocycles. The smallest absolute Gasteiger partial charge is 0.330 e. The fraction of sp³-hybridized carbons (Fsp3) is 0.176. The van der Waals surface area contributed by atoms with E-state index in [9.17, 15) is 9.59 Å². The van der Waals surface area contributed by atoms with Gasteiger partial charge in [-0.15, -0.1) is 0 Å². The number of furan rings is 1. The number of hydrogen-bond acceptors (Lipinski definition) is 4. The minimum atomic E-state index is -0.381. The zero-order chi connectivity index (χ0) is 15.9. The molecule has 0 aliphatic carbocycles. The molecular formula is C17H17NO4. The summed E-state index contributed by atoms with van der Waals surface area (Å²) in [7, 11) is 0. The summed E-state index contributed by atoms with van der Waals surface area (Å²) in [6.45, 7) is 3.88. The van der Waals surface area contributed by atoms with Crippen LogP contribution < -0.4 is 5.32 Å². The van der Waals surface area contributed by atoms with Crippen LogP contribution in [-0.2, 0) is 9.53 Å². The molecule has 0 atom stereocenters. The van der Waals surface area contributed by atoms with Gasteiger partial charge in [0.15, 0.2) is 5.76 Å². The predicted molar refractivity (Wildman–Crippen MR) is 83.5 cm³/mol. The Kier molecular flexibility index (Phi) is 5.14. The average Bonchev–Trinajstić information content (AvgIpc) is 2.93. The maximum Gasteiger partial charge on any atom is 0.330 e. The molecule has 0 aliphatic rings. The molecule has 0 radical (unpaired) electrons. The van der Waals surface area contributed by atoms with Gasteiger partial charge in [-0.05, 0) is 49.8 Å². The summed E-state index contributed by atoms with van der Waals surface area (Å²) in [5, 5.41) is 2.74. The van der Waals surface area contributed by atoms with E-state index in [1.807, 2.05) is 0 Å². The van der Waals surface area contributed by atoms with Crippen LogP contribution in [0.15, 0.2) is 46.9 Å². The SMILES string of the molecule is CCOC(=O)C=Cc1ccc(NC(=O)c2ccc(C)o2)cc1. The summed E-state index contributed by atoms with van der Waals surface area (Å²) in [5.74, 6) is 0.268. The minimum Gasteiger partial charge on any atom is -0.463 e. The van der Waals surface area contributed by atoms with Crippen LogP contribution in [0, 0.1) is 6.92 Å². The molecule has 1 amide bonds. The summed E-state index contributed by atoms with van der Waals surface area (Å²) < 4.78 is 10.1. The lowest BCUT2D eigenvalue weighted by atomic mass is 10.2. The molecule has 1 aromatic heterocycles. The molecule has 0 spiro atoms. The first-order valence-electron chi connectivity index (χ1n) is 6.91. The van der Waals surface area contributed by atoms with Crippen molar-refractivity contribution in [1.29, 1.82) is 0 Å². The minimum absolute atomic E-state index is 0.267. The van der Waals surface area contributed by atoms with Gasteiger partial charge in [0.1, 0.15) is 5.76 Å². The van der Waals surface area contributed by atoms with E-state index >= 15 is 0 Å². The van der Waals surface area contributed by atoms with Crippen LogP contribution in [0.25, 0.3) is 6.08 Å². The fourth-order valence-electron chi connectivity index (χ4n) is 1.78. The van der Waals surface area contributed by atoms with Gasteiger partial charge in [-0.3, -0.25) is 4.79 Å². The lowest BCUT2D eigenvalue weighted by Gasteiger charge is -2.03. The van der Waals surface area contributed by atoms with Gasteiger partial charge in [-0.1, -0.05) is 12.1 Å². The maximum absolute atomic E-state index is 11.9. The van der Waals surface area contributed by atoms with Gasteiger partial charge in [-0.2, -0.15) is 0 Å². The summed E-state index contributed by atoms with van der Waals surface area (Å²) in [6, 6.07) is 10.4. The molecule has 114 valence electrons. The Bertz CT molecular complexity index is 683. The monoisotopic (exact) mass is 299 g/mol. The van der Waals surface area contributed by atoms with Crippen molar-refractivity contribution in [2.75, 3.05) is 11.9 Å². The summed E-state index contributed by atoms with van der Waals surface area (Å²) in [6.07, 6.45) is 3.02. The van der Waals surface area contributed by atoms with Crippen molar-refractivity contribution in [1.82, 2.24) is 0 Å². The molecule has 0 aliphatic heterocycles. The summed E-state index contributed by atoms with van der Waals surface area (Å²) in [4.78, 5) is 23.1. The molecule has 1 N–H and O–H groups in total. The lowest BCUT2D eigenvalue weighted by Crippen LogP contribution is -2.10. The third-order valence-electron chi connectivity index (χ3n) is 2.83. The number of esters is 1. The molecule has 0 bridgehead atoms. The van der Waals surface area contributed by atoms with E-state index in [1.54, 1.807) is 56.3 Å². The van der Waals surface area contributed by atoms with Crippen molar-refractivity contribution in [2.45, 2.75) is 13.8 Å². The predicted octanol–water partition coefficient (Wildman–Crippen LogP) is 3.42. The van der Waals surface area contributed by atoms with Crippen molar-refractivity contribution in [3.8, 4) is 0 Å². The molecule has 1 aromatic carbocycles. The zero-order valence-electron chi connectivity index (χ0n) is 12.5. The zero-order valence-corrected chi connectivity index (χ0v) is 12.5. The van der Waals surface area contributed by atoms with Gasteiger partial charge < -0.3 is 14.5 Å².